The fourth-order valence-corrected chi connectivity index (χ4v) is 2.29. The molecule has 2 heterocycles. The van der Waals surface area contributed by atoms with Gasteiger partial charge in [-0.2, -0.15) is 5.26 Å². The second kappa shape index (κ2) is 6.30. The van der Waals surface area contributed by atoms with Crippen LogP contribution in [0.5, 0.6) is 0 Å². The lowest BCUT2D eigenvalue weighted by molar-refractivity contribution is -0.389. The maximum absolute atomic E-state index is 10.6. The topological polar surface area (TPSA) is 86.3 Å². The molecule has 1 atom stereocenters. The normalized spacial score (nSPS) is 17.5. The summed E-state index contributed by atoms with van der Waals surface area (Å²) < 4.78 is 0. The van der Waals surface area contributed by atoms with Crippen LogP contribution in [0.25, 0.3) is 0 Å². The fourth-order valence-electron chi connectivity index (χ4n) is 2.29. The minimum absolute atomic E-state index is 0.0441. The van der Waals surface area contributed by atoms with Gasteiger partial charge in [0, 0.05) is 38.8 Å². The molecule has 7 heteroatoms. The van der Waals surface area contributed by atoms with Crippen molar-refractivity contribution in [2.45, 2.75) is 6.92 Å². The van der Waals surface area contributed by atoms with Crippen LogP contribution in [-0.4, -0.2) is 47.5 Å². The number of rotatable bonds is 4. The van der Waals surface area contributed by atoms with Crippen LogP contribution in [0.2, 0.25) is 0 Å². The largest absolute Gasteiger partial charge is 0.366 e. The SMILES string of the molecule is CC(C#N)CN1CCN(c2ccc([N+](=O)[O-])nc2)CC1. The highest BCUT2D eigenvalue weighted by atomic mass is 16.6. The van der Waals surface area contributed by atoms with Crippen molar-refractivity contribution in [3.63, 3.8) is 0 Å². The molecule has 0 bridgehead atoms. The molecule has 0 amide bonds. The first kappa shape index (κ1) is 14.2. The third-order valence-corrected chi connectivity index (χ3v) is 3.41. The van der Waals surface area contributed by atoms with Gasteiger partial charge < -0.3 is 15.0 Å². The first-order valence-corrected chi connectivity index (χ1v) is 6.57. The van der Waals surface area contributed by atoms with Gasteiger partial charge in [0.25, 0.3) is 0 Å². The van der Waals surface area contributed by atoms with E-state index < -0.39 is 4.92 Å². The van der Waals surface area contributed by atoms with Gasteiger partial charge in [0.1, 0.15) is 0 Å². The molecule has 1 fully saturated rings. The van der Waals surface area contributed by atoms with Crippen molar-refractivity contribution >= 4 is 11.5 Å². The van der Waals surface area contributed by atoms with Crippen LogP contribution in [0.4, 0.5) is 11.5 Å². The number of pyridine rings is 1. The zero-order valence-electron chi connectivity index (χ0n) is 11.4. The summed E-state index contributed by atoms with van der Waals surface area (Å²) >= 11 is 0. The Morgan fingerprint density at radius 3 is 2.65 bits per heavy atom. The first-order valence-electron chi connectivity index (χ1n) is 6.57. The maximum Gasteiger partial charge on any atom is 0.363 e. The van der Waals surface area contributed by atoms with Crippen molar-refractivity contribution in [3.8, 4) is 6.07 Å². The maximum atomic E-state index is 10.6. The summed E-state index contributed by atoms with van der Waals surface area (Å²) in [5.41, 5.74) is 0.906. The highest BCUT2D eigenvalue weighted by Gasteiger charge is 2.20. The summed E-state index contributed by atoms with van der Waals surface area (Å²) in [7, 11) is 0. The predicted molar refractivity (Wildman–Crippen MR) is 74.3 cm³/mol. The van der Waals surface area contributed by atoms with E-state index in [0.717, 1.165) is 38.4 Å². The van der Waals surface area contributed by atoms with Gasteiger partial charge >= 0.3 is 5.82 Å². The smallest absolute Gasteiger partial charge is 0.363 e. The highest BCUT2D eigenvalue weighted by Crippen LogP contribution is 2.18. The van der Waals surface area contributed by atoms with E-state index in [1.807, 2.05) is 6.92 Å². The van der Waals surface area contributed by atoms with E-state index in [1.165, 1.54) is 6.07 Å². The average molecular weight is 275 g/mol. The van der Waals surface area contributed by atoms with Gasteiger partial charge in [0.2, 0.25) is 0 Å². The Morgan fingerprint density at radius 2 is 2.15 bits per heavy atom. The van der Waals surface area contributed by atoms with E-state index >= 15 is 0 Å². The van der Waals surface area contributed by atoms with E-state index in [2.05, 4.69) is 20.9 Å². The van der Waals surface area contributed by atoms with Crippen LogP contribution in [0.1, 0.15) is 6.92 Å². The third kappa shape index (κ3) is 3.42. The van der Waals surface area contributed by atoms with Crippen molar-refractivity contribution < 1.29 is 4.92 Å². The summed E-state index contributed by atoms with van der Waals surface area (Å²) in [5, 5.41) is 19.4. The van der Waals surface area contributed by atoms with Crippen molar-refractivity contribution in [2.24, 2.45) is 5.92 Å². The number of nitrogens with zero attached hydrogens (tertiary/aromatic N) is 5. The quantitative estimate of drug-likeness (QED) is 0.607. The summed E-state index contributed by atoms with van der Waals surface area (Å²) in [6.07, 6.45) is 1.55. The standard InChI is InChI=1S/C13H17N5O2/c1-11(8-14)10-16-4-6-17(7-5-16)12-2-3-13(15-9-12)18(19)20/h2-3,9,11H,4-7,10H2,1H3. The molecular formula is C13H17N5O2. The molecule has 0 aliphatic carbocycles. The number of nitro groups is 1. The highest BCUT2D eigenvalue weighted by molar-refractivity contribution is 5.46. The molecule has 0 saturated carbocycles. The summed E-state index contributed by atoms with van der Waals surface area (Å²) in [4.78, 5) is 18.3. The minimum atomic E-state index is -0.495. The monoisotopic (exact) mass is 275 g/mol. The molecule has 7 nitrogen and oxygen atoms in total. The Bertz CT molecular complexity index is 502. The molecule has 1 aromatic rings. The van der Waals surface area contributed by atoms with Crippen molar-refractivity contribution in [1.29, 1.82) is 5.26 Å². The number of piperazine rings is 1. The number of anilines is 1. The van der Waals surface area contributed by atoms with E-state index in [-0.39, 0.29) is 11.7 Å². The molecule has 1 aliphatic heterocycles. The zero-order valence-corrected chi connectivity index (χ0v) is 11.4. The predicted octanol–water partition coefficient (Wildman–Crippen LogP) is 1.27. The molecule has 1 unspecified atom stereocenters. The summed E-state index contributed by atoms with van der Waals surface area (Å²) in [6, 6.07) is 5.41. The van der Waals surface area contributed by atoms with Crippen LogP contribution >= 0.6 is 0 Å². The molecule has 106 valence electrons. The van der Waals surface area contributed by atoms with Gasteiger partial charge in [-0.15, -0.1) is 0 Å². The van der Waals surface area contributed by atoms with Crippen molar-refractivity contribution in [1.82, 2.24) is 9.88 Å². The van der Waals surface area contributed by atoms with Crippen LogP contribution in [-0.2, 0) is 0 Å². The second-order valence-electron chi connectivity index (χ2n) is 4.95. The number of hydrogen-bond donors (Lipinski definition) is 0. The van der Waals surface area contributed by atoms with Gasteiger partial charge in [-0.25, -0.2) is 0 Å². The zero-order chi connectivity index (χ0) is 14.5. The lowest BCUT2D eigenvalue weighted by Gasteiger charge is -2.35. The molecule has 0 aromatic carbocycles. The van der Waals surface area contributed by atoms with E-state index in [9.17, 15) is 10.1 Å². The molecule has 2 rings (SSSR count). The fraction of sp³-hybridized carbons (Fsp3) is 0.538. The van der Waals surface area contributed by atoms with Gasteiger partial charge in [0.05, 0.1) is 17.7 Å². The van der Waals surface area contributed by atoms with Crippen molar-refractivity contribution in [2.75, 3.05) is 37.6 Å². The molecule has 1 saturated heterocycles. The molecule has 1 aliphatic rings. The Kier molecular flexibility index (Phi) is 4.48. The third-order valence-electron chi connectivity index (χ3n) is 3.41. The van der Waals surface area contributed by atoms with Crippen LogP contribution in [0.15, 0.2) is 18.3 Å². The van der Waals surface area contributed by atoms with E-state index in [1.54, 1.807) is 12.3 Å². The summed E-state index contributed by atoms with van der Waals surface area (Å²) in [6.45, 7) is 6.19. The minimum Gasteiger partial charge on any atom is -0.366 e. The van der Waals surface area contributed by atoms with E-state index in [0.29, 0.717) is 0 Å². The molecule has 0 spiro atoms. The average Bonchev–Trinajstić information content (AvgIpc) is 2.48. The van der Waals surface area contributed by atoms with Crippen molar-refractivity contribution in [3.05, 3.63) is 28.4 Å². The van der Waals surface area contributed by atoms with Gasteiger partial charge in [-0.05, 0) is 22.9 Å². The molecule has 0 N–H and O–H groups in total. The summed E-state index contributed by atoms with van der Waals surface area (Å²) in [5.74, 6) is -0.0853. The van der Waals surface area contributed by atoms with Crippen LogP contribution in [0, 0.1) is 27.4 Å². The molecule has 1 aromatic heterocycles. The lowest BCUT2D eigenvalue weighted by Crippen LogP contribution is -2.47. The number of aromatic nitrogens is 1. The second-order valence-corrected chi connectivity index (χ2v) is 4.95. The Labute approximate surface area is 117 Å². The Balaban J connectivity index is 1.90. The van der Waals surface area contributed by atoms with Crippen LogP contribution < -0.4 is 4.90 Å². The lowest BCUT2D eigenvalue weighted by atomic mass is 10.2. The molecular weight excluding hydrogens is 258 g/mol. The molecule has 0 radical (unpaired) electrons. The van der Waals surface area contributed by atoms with E-state index in [4.69, 9.17) is 5.26 Å². The number of nitriles is 1. The van der Waals surface area contributed by atoms with Crippen LogP contribution in [0.3, 0.4) is 0 Å². The first-order chi connectivity index (χ1) is 9.60. The Morgan fingerprint density at radius 1 is 1.45 bits per heavy atom. The number of hydrogen-bond acceptors (Lipinski definition) is 6. The molecule has 20 heavy (non-hydrogen) atoms. The van der Waals surface area contributed by atoms with Gasteiger partial charge in [-0.3, -0.25) is 4.90 Å². The van der Waals surface area contributed by atoms with Gasteiger partial charge in [0.15, 0.2) is 6.20 Å². The Hall–Kier alpha value is -2.20. The van der Waals surface area contributed by atoms with Gasteiger partial charge in [-0.1, -0.05) is 0 Å².